The largest absolute Gasteiger partial charge is 0.506 e. The van der Waals surface area contributed by atoms with E-state index in [1.54, 1.807) is 18.2 Å². The SMILES string of the molecule is CC(Cc1ccc(F)cc1)NCc1cccc(Cl)c1O. The Morgan fingerprint density at radius 2 is 1.90 bits per heavy atom. The Kier molecular flexibility index (Phi) is 4.99. The van der Waals surface area contributed by atoms with E-state index in [1.807, 2.05) is 19.1 Å². The number of phenolic OH excluding ortho intramolecular Hbond substituents is 1. The van der Waals surface area contributed by atoms with Gasteiger partial charge in [0.1, 0.15) is 11.6 Å². The standard InChI is InChI=1S/C16H17ClFNO/c1-11(9-12-5-7-14(18)8-6-12)19-10-13-3-2-4-15(17)16(13)20/h2-8,11,19-20H,9-10H2,1H3. The summed E-state index contributed by atoms with van der Waals surface area (Å²) in [6, 6.07) is 12.0. The molecule has 0 fully saturated rings. The molecular weight excluding hydrogens is 277 g/mol. The summed E-state index contributed by atoms with van der Waals surface area (Å²) in [6.07, 6.45) is 0.793. The first-order valence-electron chi connectivity index (χ1n) is 6.50. The third-order valence-corrected chi connectivity index (χ3v) is 3.47. The van der Waals surface area contributed by atoms with Gasteiger partial charge < -0.3 is 10.4 Å². The molecular formula is C16H17ClFNO. The summed E-state index contributed by atoms with van der Waals surface area (Å²) < 4.78 is 12.8. The van der Waals surface area contributed by atoms with E-state index in [0.29, 0.717) is 11.6 Å². The molecule has 20 heavy (non-hydrogen) atoms. The molecule has 0 heterocycles. The first kappa shape index (κ1) is 14.8. The van der Waals surface area contributed by atoms with Crippen LogP contribution in [0.5, 0.6) is 5.75 Å². The van der Waals surface area contributed by atoms with Crippen molar-refractivity contribution in [1.82, 2.24) is 5.32 Å². The van der Waals surface area contributed by atoms with Gasteiger partial charge in [0.2, 0.25) is 0 Å². The van der Waals surface area contributed by atoms with Crippen molar-refractivity contribution in [3.63, 3.8) is 0 Å². The quantitative estimate of drug-likeness (QED) is 0.876. The molecule has 1 unspecified atom stereocenters. The second-order valence-corrected chi connectivity index (χ2v) is 5.27. The van der Waals surface area contributed by atoms with Gasteiger partial charge in [0.05, 0.1) is 5.02 Å². The second kappa shape index (κ2) is 6.73. The molecule has 2 N–H and O–H groups in total. The van der Waals surface area contributed by atoms with E-state index in [1.165, 1.54) is 12.1 Å². The van der Waals surface area contributed by atoms with Gasteiger partial charge >= 0.3 is 0 Å². The predicted molar refractivity (Wildman–Crippen MR) is 79.5 cm³/mol. The maximum atomic E-state index is 12.8. The van der Waals surface area contributed by atoms with Crippen LogP contribution in [-0.4, -0.2) is 11.1 Å². The Morgan fingerprint density at radius 1 is 1.20 bits per heavy atom. The summed E-state index contributed by atoms with van der Waals surface area (Å²) in [7, 11) is 0. The minimum absolute atomic E-state index is 0.121. The summed E-state index contributed by atoms with van der Waals surface area (Å²) in [6.45, 7) is 2.58. The molecule has 4 heteroatoms. The molecule has 106 valence electrons. The van der Waals surface area contributed by atoms with E-state index < -0.39 is 0 Å². The van der Waals surface area contributed by atoms with Crippen LogP contribution >= 0.6 is 11.6 Å². The smallest absolute Gasteiger partial charge is 0.138 e. The highest BCUT2D eigenvalue weighted by atomic mass is 35.5. The van der Waals surface area contributed by atoms with Crippen molar-refractivity contribution in [2.45, 2.75) is 25.9 Å². The molecule has 0 amide bonds. The van der Waals surface area contributed by atoms with Crippen LogP contribution in [0.4, 0.5) is 4.39 Å². The number of phenols is 1. The molecule has 0 aliphatic heterocycles. The van der Waals surface area contributed by atoms with E-state index in [0.717, 1.165) is 17.5 Å². The molecule has 0 bridgehead atoms. The molecule has 2 rings (SSSR count). The maximum absolute atomic E-state index is 12.8. The van der Waals surface area contributed by atoms with Gasteiger partial charge in [-0.05, 0) is 37.1 Å². The van der Waals surface area contributed by atoms with Gasteiger partial charge in [-0.1, -0.05) is 35.9 Å². The third-order valence-electron chi connectivity index (χ3n) is 3.17. The Balaban J connectivity index is 1.90. The Bertz CT molecular complexity index is 571. The van der Waals surface area contributed by atoms with E-state index in [-0.39, 0.29) is 17.6 Å². The van der Waals surface area contributed by atoms with E-state index in [2.05, 4.69) is 5.32 Å². The van der Waals surface area contributed by atoms with Crippen LogP contribution in [0.15, 0.2) is 42.5 Å². The third kappa shape index (κ3) is 3.95. The number of halogens is 2. The van der Waals surface area contributed by atoms with Crippen molar-refractivity contribution >= 4 is 11.6 Å². The van der Waals surface area contributed by atoms with Gasteiger partial charge in [-0.25, -0.2) is 4.39 Å². The van der Waals surface area contributed by atoms with Gasteiger partial charge in [0.15, 0.2) is 0 Å². The molecule has 0 aliphatic rings. The monoisotopic (exact) mass is 293 g/mol. The lowest BCUT2D eigenvalue weighted by Gasteiger charge is -2.15. The fourth-order valence-electron chi connectivity index (χ4n) is 2.03. The van der Waals surface area contributed by atoms with Crippen molar-refractivity contribution in [2.24, 2.45) is 0 Å². The van der Waals surface area contributed by atoms with E-state index >= 15 is 0 Å². The van der Waals surface area contributed by atoms with Crippen LogP contribution in [0, 0.1) is 5.82 Å². The first-order chi connectivity index (χ1) is 9.56. The average molecular weight is 294 g/mol. The van der Waals surface area contributed by atoms with Crippen molar-refractivity contribution < 1.29 is 9.50 Å². The zero-order valence-electron chi connectivity index (χ0n) is 11.2. The summed E-state index contributed by atoms with van der Waals surface area (Å²) in [5.74, 6) is -0.103. The summed E-state index contributed by atoms with van der Waals surface area (Å²) in [5, 5.41) is 13.5. The van der Waals surface area contributed by atoms with Gasteiger partial charge in [-0.3, -0.25) is 0 Å². The summed E-state index contributed by atoms with van der Waals surface area (Å²) in [4.78, 5) is 0. The van der Waals surface area contributed by atoms with Crippen molar-refractivity contribution in [3.05, 3.63) is 64.4 Å². The molecule has 0 aliphatic carbocycles. The van der Waals surface area contributed by atoms with Gasteiger partial charge in [-0.2, -0.15) is 0 Å². The van der Waals surface area contributed by atoms with Crippen LogP contribution < -0.4 is 5.32 Å². The lowest BCUT2D eigenvalue weighted by Crippen LogP contribution is -2.27. The number of hydrogen-bond acceptors (Lipinski definition) is 2. The fraction of sp³-hybridized carbons (Fsp3) is 0.250. The molecule has 2 aromatic carbocycles. The van der Waals surface area contributed by atoms with Gasteiger partial charge in [0.25, 0.3) is 0 Å². The van der Waals surface area contributed by atoms with E-state index in [9.17, 15) is 9.50 Å². The summed E-state index contributed by atoms with van der Waals surface area (Å²) >= 11 is 5.86. The Morgan fingerprint density at radius 3 is 2.60 bits per heavy atom. The molecule has 2 aromatic rings. The Labute approximate surface area is 123 Å². The average Bonchev–Trinajstić information content (AvgIpc) is 2.43. The minimum Gasteiger partial charge on any atom is -0.506 e. The lowest BCUT2D eigenvalue weighted by atomic mass is 10.1. The molecule has 1 atom stereocenters. The normalized spacial score (nSPS) is 12.3. The van der Waals surface area contributed by atoms with E-state index in [4.69, 9.17) is 11.6 Å². The van der Waals surface area contributed by atoms with Crippen LogP contribution in [0.3, 0.4) is 0 Å². The van der Waals surface area contributed by atoms with Crippen molar-refractivity contribution in [3.8, 4) is 5.75 Å². The molecule has 2 nitrogen and oxygen atoms in total. The molecule has 0 spiro atoms. The topological polar surface area (TPSA) is 32.3 Å². The van der Waals surface area contributed by atoms with Crippen LogP contribution in [-0.2, 0) is 13.0 Å². The van der Waals surface area contributed by atoms with Crippen molar-refractivity contribution in [1.29, 1.82) is 0 Å². The molecule has 0 radical (unpaired) electrons. The first-order valence-corrected chi connectivity index (χ1v) is 6.88. The summed E-state index contributed by atoms with van der Waals surface area (Å²) in [5.41, 5.74) is 1.84. The lowest BCUT2D eigenvalue weighted by molar-refractivity contribution is 0.459. The zero-order valence-corrected chi connectivity index (χ0v) is 12.0. The number of para-hydroxylation sites is 1. The minimum atomic E-state index is -0.224. The number of benzene rings is 2. The highest BCUT2D eigenvalue weighted by molar-refractivity contribution is 6.32. The molecule has 0 saturated heterocycles. The maximum Gasteiger partial charge on any atom is 0.138 e. The van der Waals surface area contributed by atoms with Gasteiger partial charge in [-0.15, -0.1) is 0 Å². The zero-order chi connectivity index (χ0) is 14.5. The van der Waals surface area contributed by atoms with Crippen LogP contribution in [0.1, 0.15) is 18.1 Å². The number of hydrogen-bond donors (Lipinski definition) is 2. The Hall–Kier alpha value is -1.58. The molecule has 0 aromatic heterocycles. The number of aromatic hydroxyl groups is 1. The fourth-order valence-corrected chi connectivity index (χ4v) is 2.23. The van der Waals surface area contributed by atoms with Crippen LogP contribution in [0.25, 0.3) is 0 Å². The van der Waals surface area contributed by atoms with Crippen LogP contribution in [0.2, 0.25) is 5.02 Å². The predicted octanol–water partition coefficient (Wildman–Crippen LogP) is 3.91. The second-order valence-electron chi connectivity index (χ2n) is 4.86. The highest BCUT2D eigenvalue weighted by Crippen LogP contribution is 2.26. The number of nitrogens with one attached hydrogen (secondary N) is 1. The molecule has 0 saturated carbocycles. The highest BCUT2D eigenvalue weighted by Gasteiger charge is 2.07. The number of rotatable bonds is 5. The van der Waals surface area contributed by atoms with Gasteiger partial charge in [0, 0.05) is 18.2 Å². The van der Waals surface area contributed by atoms with Crippen molar-refractivity contribution in [2.75, 3.05) is 0 Å².